The van der Waals surface area contributed by atoms with E-state index in [1.54, 1.807) is 4.52 Å². The Morgan fingerprint density at radius 3 is 2.90 bits per heavy atom. The molecule has 0 N–H and O–H groups in total. The van der Waals surface area contributed by atoms with Gasteiger partial charge in [-0.1, -0.05) is 18.5 Å². The fourth-order valence-electron chi connectivity index (χ4n) is 4.79. The van der Waals surface area contributed by atoms with Crippen molar-refractivity contribution in [2.75, 3.05) is 13.1 Å². The molecular formula is C22H25ClN6O. The number of halogens is 1. The van der Waals surface area contributed by atoms with Gasteiger partial charge >= 0.3 is 0 Å². The standard InChI is InChI=1S/C22H25ClN6O/c1-13-7-8-28(11-17(13)19-9-14(2)26-22-24-12-25-29(19)22)21(30)16-10-15-5-3-4-6-18(15)27-20(16)23/h9-10,12-13,17H,3-8,11H2,1-2H3/t13?,17-/m1/s1. The fourth-order valence-corrected chi connectivity index (χ4v) is 5.03. The Morgan fingerprint density at radius 2 is 2.03 bits per heavy atom. The number of nitrogens with zero attached hydrogens (tertiary/aromatic N) is 6. The average molecular weight is 425 g/mol. The van der Waals surface area contributed by atoms with Gasteiger partial charge in [0.2, 0.25) is 0 Å². The van der Waals surface area contributed by atoms with E-state index in [9.17, 15) is 4.79 Å². The molecule has 0 radical (unpaired) electrons. The molecular weight excluding hydrogens is 400 g/mol. The molecule has 0 bridgehead atoms. The lowest BCUT2D eigenvalue weighted by Crippen LogP contribution is -2.43. The van der Waals surface area contributed by atoms with Gasteiger partial charge in [-0.25, -0.2) is 14.5 Å². The van der Waals surface area contributed by atoms with Gasteiger partial charge in [0.15, 0.2) is 0 Å². The van der Waals surface area contributed by atoms with E-state index in [0.29, 0.717) is 35.5 Å². The molecule has 7 nitrogen and oxygen atoms in total. The van der Waals surface area contributed by atoms with Crippen molar-refractivity contribution in [2.45, 2.75) is 51.9 Å². The molecule has 5 rings (SSSR count). The van der Waals surface area contributed by atoms with Crippen LogP contribution in [0.5, 0.6) is 0 Å². The molecule has 3 aromatic rings. The third-order valence-corrected chi connectivity index (χ3v) is 6.81. The molecule has 3 aromatic heterocycles. The second kappa shape index (κ2) is 7.61. The minimum Gasteiger partial charge on any atom is -0.338 e. The smallest absolute Gasteiger partial charge is 0.257 e. The van der Waals surface area contributed by atoms with Crippen molar-refractivity contribution >= 4 is 23.3 Å². The molecule has 0 saturated carbocycles. The van der Waals surface area contributed by atoms with Crippen molar-refractivity contribution in [3.8, 4) is 0 Å². The highest BCUT2D eigenvalue weighted by molar-refractivity contribution is 6.32. The zero-order valence-corrected chi connectivity index (χ0v) is 18.1. The Balaban J connectivity index is 1.46. The monoisotopic (exact) mass is 424 g/mol. The first-order valence-electron chi connectivity index (χ1n) is 10.7. The fraction of sp³-hybridized carbons (Fsp3) is 0.500. The molecule has 1 saturated heterocycles. The van der Waals surface area contributed by atoms with E-state index >= 15 is 0 Å². The van der Waals surface area contributed by atoms with Gasteiger partial charge in [0.05, 0.1) is 11.3 Å². The van der Waals surface area contributed by atoms with Crippen LogP contribution in [0.3, 0.4) is 0 Å². The molecule has 2 atom stereocenters. The zero-order chi connectivity index (χ0) is 20.8. The van der Waals surface area contributed by atoms with Gasteiger partial charge in [0.1, 0.15) is 11.5 Å². The average Bonchev–Trinajstić information content (AvgIpc) is 3.21. The van der Waals surface area contributed by atoms with Crippen LogP contribution in [0.25, 0.3) is 5.78 Å². The number of carbonyl (C=O) groups is 1. The second-order valence-corrected chi connectivity index (χ2v) is 8.92. The lowest BCUT2D eigenvalue weighted by atomic mass is 9.84. The molecule has 8 heteroatoms. The Kier molecular flexibility index (Phi) is 4.93. The minimum atomic E-state index is -0.0293. The molecule has 156 valence electrons. The molecule has 2 aliphatic rings. The molecule has 1 unspecified atom stereocenters. The van der Waals surface area contributed by atoms with Gasteiger partial charge in [-0.3, -0.25) is 4.79 Å². The van der Waals surface area contributed by atoms with E-state index in [-0.39, 0.29) is 11.8 Å². The number of piperidine rings is 1. The summed E-state index contributed by atoms with van der Waals surface area (Å²) in [5.74, 6) is 1.14. The molecule has 4 heterocycles. The van der Waals surface area contributed by atoms with Crippen LogP contribution in [0, 0.1) is 12.8 Å². The molecule has 1 aliphatic heterocycles. The largest absolute Gasteiger partial charge is 0.338 e. The third-order valence-electron chi connectivity index (χ3n) is 6.52. The number of fused-ring (bicyclic) bond motifs is 2. The quantitative estimate of drug-likeness (QED) is 0.587. The third kappa shape index (κ3) is 3.35. The molecule has 30 heavy (non-hydrogen) atoms. The van der Waals surface area contributed by atoms with Crippen molar-refractivity contribution in [3.63, 3.8) is 0 Å². The van der Waals surface area contributed by atoms with Gasteiger partial charge < -0.3 is 4.90 Å². The number of hydrogen-bond donors (Lipinski definition) is 0. The predicted octanol–water partition coefficient (Wildman–Crippen LogP) is 3.63. The molecule has 0 aromatic carbocycles. The summed E-state index contributed by atoms with van der Waals surface area (Å²) in [6.45, 7) is 5.53. The van der Waals surface area contributed by atoms with Gasteiger partial charge in [-0.2, -0.15) is 10.1 Å². The first-order valence-corrected chi connectivity index (χ1v) is 11.0. The summed E-state index contributed by atoms with van der Waals surface area (Å²) in [6, 6.07) is 4.04. The number of aryl methyl sites for hydroxylation is 3. The van der Waals surface area contributed by atoms with Crippen molar-refractivity contribution in [2.24, 2.45) is 5.92 Å². The summed E-state index contributed by atoms with van der Waals surface area (Å²) in [5.41, 5.74) is 4.71. The Morgan fingerprint density at radius 1 is 1.20 bits per heavy atom. The minimum absolute atomic E-state index is 0.0293. The number of rotatable bonds is 2. The van der Waals surface area contributed by atoms with Crippen LogP contribution in [0.2, 0.25) is 5.15 Å². The Hall–Kier alpha value is -2.54. The van der Waals surface area contributed by atoms with E-state index in [1.807, 2.05) is 17.9 Å². The SMILES string of the molecule is Cc1cc([C@@H]2CN(C(=O)c3cc4c(nc3Cl)CCCC4)CCC2C)n2ncnc2n1. The maximum atomic E-state index is 13.4. The summed E-state index contributed by atoms with van der Waals surface area (Å²) in [5, 5.41) is 4.70. The van der Waals surface area contributed by atoms with Crippen molar-refractivity contribution in [1.29, 1.82) is 0 Å². The number of hydrogen-bond acceptors (Lipinski definition) is 5. The van der Waals surface area contributed by atoms with Crippen LogP contribution in [-0.2, 0) is 12.8 Å². The van der Waals surface area contributed by atoms with Gasteiger partial charge in [0.25, 0.3) is 11.7 Å². The van der Waals surface area contributed by atoms with Gasteiger partial charge in [-0.05, 0) is 62.6 Å². The summed E-state index contributed by atoms with van der Waals surface area (Å²) in [7, 11) is 0. The number of carbonyl (C=O) groups excluding carboxylic acids is 1. The van der Waals surface area contributed by atoms with Crippen LogP contribution in [0.15, 0.2) is 18.5 Å². The highest BCUT2D eigenvalue weighted by Gasteiger charge is 2.33. The molecule has 1 fully saturated rings. The van der Waals surface area contributed by atoms with Crippen LogP contribution in [0.1, 0.15) is 65.1 Å². The molecule has 1 amide bonds. The summed E-state index contributed by atoms with van der Waals surface area (Å²) in [6.07, 6.45) is 6.65. The topological polar surface area (TPSA) is 76.3 Å². The maximum Gasteiger partial charge on any atom is 0.257 e. The number of aromatic nitrogens is 5. The lowest BCUT2D eigenvalue weighted by molar-refractivity contribution is 0.0665. The molecule has 0 spiro atoms. The van der Waals surface area contributed by atoms with E-state index in [0.717, 1.165) is 49.2 Å². The Labute approximate surface area is 180 Å². The highest BCUT2D eigenvalue weighted by atomic mass is 35.5. The van der Waals surface area contributed by atoms with E-state index in [4.69, 9.17) is 11.6 Å². The lowest BCUT2D eigenvalue weighted by Gasteiger charge is -2.37. The number of amides is 1. The van der Waals surface area contributed by atoms with Crippen LogP contribution < -0.4 is 0 Å². The van der Waals surface area contributed by atoms with E-state index < -0.39 is 0 Å². The molecule has 1 aliphatic carbocycles. The maximum absolute atomic E-state index is 13.4. The first kappa shape index (κ1) is 19.4. The zero-order valence-electron chi connectivity index (χ0n) is 17.3. The summed E-state index contributed by atoms with van der Waals surface area (Å²) < 4.78 is 1.80. The number of pyridine rings is 1. The number of likely N-dealkylation sites (tertiary alicyclic amines) is 1. The predicted molar refractivity (Wildman–Crippen MR) is 114 cm³/mol. The van der Waals surface area contributed by atoms with E-state index in [1.165, 1.54) is 11.9 Å². The first-order chi connectivity index (χ1) is 14.5. The van der Waals surface area contributed by atoms with Crippen molar-refractivity contribution in [1.82, 2.24) is 29.5 Å². The van der Waals surface area contributed by atoms with Crippen LogP contribution >= 0.6 is 11.6 Å². The summed E-state index contributed by atoms with van der Waals surface area (Å²) >= 11 is 6.45. The van der Waals surface area contributed by atoms with Crippen LogP contribution in [-0.4, -0.2) is 48.5 Å². The van der Waals surface area contributed by atoms with Crippen molar-refractivity contribution in [3.05, 3.63) is 51.8 Å². The normalized spacial score (nSPS) is 21.6. The second-order valence-electron chi connectivity index (χ2n) is 8.56. The van der Waals surface area contributed by atoms with Crippen molar-refractivity contribution < 1.29 is 4.79 Å². The van der Waals surface area contributed by atoms with Crippen LogP contribution in [0.4, 0.5) is 0 Å². The van der Waals surface area contributed by atoms with Gasteiger partial charge in [-0.15, -0.1) is 0 Å². The van der Waals surface area contributed by atoms with E-state index in [2.05, 4.69) is 33.0 Å². The highest BCUT2D eigenvalue weighted by Crippen LogP contribution is 2.34. The Bertz CT molecular complexity index is 1130. The summed E-state index contributed by atoms with van der Waals surface area (Å²) in [4.78, 5) is 28.6. The van der Waals surface area contributed by atoms with Gasteiger partial charge in [0, 0.05) is 30.4 Å².